The minimum atomic E-state index is -0.475. The second kappa shape index (κ2) is 7.44. The normalized spacial score (nSPS) is 23.6. The first kappa shape index (κ1) is 19.7. The SMILES string of the molecule is C[C@H]1CCc2ncc(F)cc2[C@H]2CC(CF)CN2c2ccn3nc(N)c(c3n2)C(=O)N1. The van der Waals surface area contributed by atoms with Gasteiger partial charge in [-0.1, -0.05) is 0 Å². The quantitative estimate of drug-likeness (QED) is 0.619. The Labute approximate surface area is 177 Å². The van der Waals surface area contributed by atoms with Gasteiger partial charge in [0.25, 0.3) is 5.91 Å². The van der Waals surface area contributed by atoms with Crippen molar-refractivity contribution < 1.29 is 13.6 Å². The number of pyridine rings is 1. The molecule has 10 heteroatoms. The van der Waals surface area contributed by atoms with Crippen molar-refractivity contribution >= 4 is 23.2 Å². The van der Waals surface area contributed by atoms with E-state index in [1.54, 1.807) is 12.3 Å². The van der Waals surface area contributed by atoms with Gasteiger partial charge in [0.2, 0.25) is 0 Å². The van der Waals surface area contributed by atoms with Crippen LogP contribution in [0.4, 0.5) is 20.4 Å². The molecule has 2 bridgehead atoms. The molecule has 3 aromatic heterocycles. The highest BCUT2D eigenvalue weighted by atomic mass is 19.1. The zero-order chi connectivity index (χ0) is 21.7. The van der Waals surface area contributed by atoms with Crippen molar-refractivity contribution in [1.82, 2.24) is 24.9 Å². The number of hydrogen-bond acceptors (Lipinski definition) is 6. The number of aromatic nitrogens is 4. The predicted octanol–water partition coefficient (Wildman–Crippen LogP) is 2.45. The smallest absolute Gasteiger partial charge is 0.259 e. The average molecular weight is 427 g/mol. The van der Waals surface area contributed by atoms with Gasteiger partial charge in [0.05, 0.1) is 18.9 Å². The first-order chi connectivity index (χ1) is 14.9. The molecule has 5 heterocycles. The van der Waals surface area contributed by atoms with Gasteiger partial charge in [-0.2, -0.15) is 0 Å². The van der Waals surface area contributed by atoms with E-state index in [1.165, 1.54) is 16.8 Å². The molecule has 1 fully saturated rings. The molecule has 8 nitrogen and oxygen atoms in total. The second-order valence-corrected chi connectivity index (χ2v) is 8.34. The van der Waals surface area contributed by atoms with Crippen LogP contribution in [0.2, 0.25) is 0 Å². The zero-order valence-electron chi connectivity index (χ0n) is 17.1. The van der Waals surface area contributed by atoms with Gasteiger partial charge in [0, 0.05) is 30.4 Å². The molecule has 3 aromatic rings. The number of carbonyl (C=O) groups is 1. The fourth-order valence-electron chi connectivity index (χ4n) is 4.60. The van der Waals surface area contributed by atoms with Gasteiger partial charge in [-0.3, -0.25) is 14.2 Å². The summed E-state index contributed by atoms with van der Waals surface area (Å²) in [5, 5.41) is 7.15. The minimum Gasteiger partial charge on any atom is -0.381 e. The lowest BCUT2D eigenvalue weighted by Gasteiger charge is -2.27. The zero-order valence-corrected chi connectivity index (χ0v) is 17.1. The van der Waals surface area contributed by atoms with Crippen LogP contribution >= 0.6 is 0 Å². The number of aryl methyl sites for hydroxylation is 1. The number of carbonyl (C=O) groups excluding carboxylic acids is 1. The average Bonchev–Trinajstić information content (AvgIpc) is 3.31. The van der Waals surface area contributed by atoms with Gasteiger partial charge in [-0.25, -0.2) is 13.9 Å². The number of rotatable bonds is 1. The second-order valence-electron chi connectivity index (χ2n) is 8.34. The number of amides is 1. The standard InChI is InChI=1S/C21H23F2N7O/c1-11-2-3-15-14(7-13(23)9-25-15)16-6-12(8-22)10-29(16)17-4-5-30-20(27-17)18(19(24)28-30)21(31)26-11/h4-5,7,9,11-12,16H,2-3,6,8,10H2,1H3,(H2,24,28)(H,26,31)/t11-,12?,16+/m0/s1. The topological polar surface area (TPSA) is 101 Å². The van der Waals surface area contributed by atoms with E-state index in [9.17, 15) is 13.6 Å². The van der Waals surface area contributed by atoms with Crippen LogP contribution in [0.15, 0.2) is 24.5 Å². The molecule has 3 atom stereocenters. The highest BCUT2D eigenvalue weighted by Gasteiger charge is 2.36. The highest BCUT2D eigenvalue weighted by Crippen LogP contribution is 2.40. The van der Waals surface area contributed by atoms with E-state index in [1.807, 2.05) is 11.8 Å². The molecular weight excluding hydrogens is 404 g/mol. The molecular formula is C21H23F2N7O. The number of nitrogens with one attached hydrogen (secondary N) is 1. The summed E-state index contributed by atoms with van der Waals surface area (Å²) in [5.74, 6) is -0.331. The molecule has 1 saturated heterocycles. The van der Waals surface area contributed by atoms with Gasteiger partial charge >= 0.3 is 0 Å². The Morgan fingerprint density at radius 3 is 3.03 bits per heavy atom. The summed E-state index contributed by atoms with van der Waals surface area (Å²) in [4.78, 5) is 23.9. The molecule has 31 heavy (non-hydrogen) atoms. The van der Waals surface area contributed by atoms with E-state index in [0.717, 1.165) is 11.3 Å². The third kappa shape index (κ3) is 3.35. The summed E-state index contributed by atoms with van der Waals surface area (Å²) < 4.78 is 29.3. The first-order valence-corrected chi connectivity index (χ1v) is 10.4. The van der Waals surface area contributed by atoms with Crippen LogP contribution in [-0.2, 0) is 6.42 Å². The molecule has 0 spiro atoms. The number of nitrogen functional groups attached to an aromatic ring is 1. The summed E-state index contributed by atoms with van der Waals surface area (Å²) in [6.45, 7) is 1.85. The van der Waals surface area contributed by atoms with E-state index in [-0.39, 0.29) is 35.3 Å². The lowest BCUT2D eigenvalue weighted by molar-refractivity contribution is 0.0940. The maximum absolute atomic E-state index is 14.2. The van der Waals surface area contributed by atoms with Crippen LogP contribution in [0.1, 0.15) is 47.4 Å². The number of nitrogens with zero attached hydrogens (tertiary/aromatic N) is 5. The number of halogens is 2. The predicted molar refractivity (Wildman–Crippen MR) is 111 cm³/mol. The molecule has 3 N–H and O–H groups in total. The fourth-order valence-corrected chi connectivity index (χ4v) is 4.60. The van der Waals surface area contributed by atoms with Crippen LogP contribution in [0.25, 0.3) is 5.65 Å². The van der Waals surface area contributed by atoms with Crippen molar-refractivity contribution in [2.24, 2.45) is 5.92 Å². The van der Waals surface area contributed by atoms with E-state index in [2.05, 4.69) is 20.4 Å². The molecule has 2 aliphatic rings. The van der Waals surface area contributed by atoms with Crippen LogP contribution in [0.5, 0.6) is 0 Å². The maximum atomic E-state index is 14.2. The van der Waals surface area contributed by atoms with Crippen molar-refractivity contribution in [3.8, 4) is 0 Å². The van der Waals surface area contributed by atoms with E-state index < -0.39 is 12.5 Å². The number of hydrogen-bond donors (Lipinski definition) is 2. The molecule has 5 rings (SSSR count). The van der Waals surface area contributed by atoms with Crippen LogP contribution in [0, 0.1) is 11.7 Å². The van der Waals surface area contributed by atoms with Crippen molar-refractivity contribution in [3.63, 3.8) is 0 Å². The molecule has 0 saturated carbocycles. The molecule has 0 aliphatic carbocycles. The van der Waals surface area contributed by atoms with E-state index >= 15 is 0 Å². The summed E-state index contributed by atoms with van der Waals surface area (Å²) >= 11 is 0. The van der Waals surface area contributed by atoms with E-state index in [4.69, 9.17) is 5.73 Å². The number of alkyl halides is 1. The van der Waals surface area contributed by atoms with Crippen LogP contribution in [0.3, 0.4) is 0 Å². The summed E-state index contributed by atoms with van der Waals surface area (Å²) in [7, 11) is 0. The van der Waals surface area contributed by atoms with Crippen LogP contribution in [-0.4, -0.2) is 44.8 Å². The molecule has 0 radical (unpaired) electrons. The van der Waals surface area contributed by atoms with Gasteiger partial charge in [0.1, 0.15) is 17.2 Å². The van der Waals surface area contributed by atoms with Crippen LogP contribution < -0.4 is 16.0 Å². The first-order valence-electron chi connectivity index (χ1n) is 10.4. The Kier molecular flexibility index (Phi) is 4.71. The van der Waals surface area contributed by atoms with Gasteiger partial charge in [-0.15, -0.1) is 5.10 Å². The summed E-state index contributed by atoms with van der Waals surface area (Å²) in [6, 6.07) is 2.80. The van der Waals surface area contributed by atoms with Crippen molar-refractivity contribution in [2.75, 3.05) is 23.9 Å². The number of fused-ring (bicyclic) bond motifs is 5. The number of anilines is 2. The Bertz CT molecular complexity index is 1160. The lowest BCUT2D eigenvalue weighted by atomic mass is 9.96. The molecule has 162 valence electrons. The Morgan fingerprint density at radius 2 is 2.23 bits per heavy atom. The van der Waals surface area contributed by atoms with Gasteiger partial charge < -0.3 is 16.0 Å². The Morgan fingerprint density at radius 1 is 1.39 bits per heavy atom. The minimum absolute atomic E-state index is 0.0934. The van der Waals surface area contributed by atoms with Crippen molar-refractivity contribution in [3.05, 3.63) is 47.2 Å². The molecule has 2 aliphatic heterocycles. The monoisotopic (exact) mass is 427 g/mol. The third-order valence-electron chi connectivity index (χ3n) is 6.15. The lowest BCUT2D eigenvalue weighted by Crippen LogP contribution is -2.33. The van der Waals surface area contributed by atoms with Gasteiger partial charge in [-0.05, 0) is 43.9 Å². The largest absolute Gasteiger partial charge is 0.381 e. The maximum Gasteiger partial charge on any atom is 0.259 e. The Hall–Kier alpha value is -3.30. The van der Waals surface area contributed by atoms with Gasteiger partial charge in [0.15, 0.2) is 11.5 Å². The molecule has 1 unspecified atom stereocenters. The molecule has 0 aromatic carbocycles. The molecule has 1 amide bonds. The Balaban J connectivity index is 1.71. The summed E-state index contributed by atoms with van der Waals surface area (Å²) in [5.41, 5.74) is 8.07. The summed E-state index contributed by atoms with van der Waals surface area (Å²) in [6.07, 6.45) is 4.56. The highest BCUT2D eigenvalue weighted by molar-refractivity contribution is 6.04. The van der Waals surface area contributed by atoms with E-state index in [0.29, 0.717) is 37.3 Å². The fraction of sp³-hybridized carbons (Fsp3) is 0.429. The van der Waals surface area contributed by atoms with Crippen molar-refractivity contribution in [1.29, 1.82) is 0 Å². The third-order valence-corrected chi connectivity index (χ3v) is 6.15. The van der Waals surface area contributed by atoms with Crippen molar-refractivity contribution in [2.45, 2.75) is 38.3 Å². The number of nitrogens with two attached hydrogens (primary N) is 1.